The van der Waals surface area contributed by atoms with Crippen molar-refractivity contribution in [2.45, 2.75) is 26.8 Å². The fraction of sp³-hybridized carbons (Fsp3) is 0.429. The Morgan fingerprint density at radius 2 is 1.81 bits per heavy atom. The zero-order chi connectivity index (χ0) is 19.1. The largest absolute Gasteiger partial charge is 0.469 e. The number of nitrogens with one attached hydrogen (secondary N) is 1. The summed E-state index contributed by atoms with van der Waals surface area (Å²) in [5.74, 6) is -0.566. The van der Waals surface area contributed by atoms with Crippen molar-refractivity contribution in [3.8, 4) is 0 Å². The van der Waals surface area contributed by atoms with E-state index in [1.165, 1.54) is 12.5 Å². The van der Waals surface area contributed by atoms with E-state index in [0.717, 1.165) is 10.9 Å². The number of esters is 1. The minimum absolute atomic E-state index is 0.0513. The molecule has 2 aromatic rings. The fourth-order valence-corrected chi connectivity index (χ4v) is 3.02. The molecule has 0 heterocycles. The van der Waals surface area contributed by atoms with Crippen LogP contribution in [0.3, 0.4) is 0 Å². The van der Waals surface area contributed by atoms with Crippen molar-refractivity contribution in [2.24, 2.45) is 5.92 Å². The van der Waals surface area contributed by atoms with Gasteiger partial charge in [0.15, 0.2) is 0 Å². The van der Waals surface area contributed by atoms with Crippen molar-refractivity contribution in [2.75, 3.05) is 26.7 Å². The van der Waals surface area contributed by atoms with Crippen molar-refractivity contribution in [3.05, 3.63) is 48.0 Å². The third-order valence-electron chi connectivity index (χ3n) is 4.60. The van der Waals surface area contributed by atoms with E-state index in [1.54, 1.807) is 0 Å². The average molecular weight is 356 g/mol. The Morgan fingerprint density at radius 1 is 1.12 bits per heavy atom. The molecule has 2 atom stereocenters. The monoisotopic (exact) mass is 356 g/mol. The molecule has 0 aliphatic rings. The second-order valence-corrected chi connectivity index (χ2v) is 6.65. The molecule has 2 unspecified atom stereocenters. The Hall–Kier alpha value is -2.40. The van der Waals surface area contributed by atoms with Gasteiger partial charge in [-0.3, -0.25) is 14.5 Å². The van der Waals surface area contributed by atoms with Crippen LogP contribution >= 0.6 is 0 Å². The molecule has 140 valence electrons. The van der Waals surface area contributed by atoms with Gasteiger partial charge < -0.3 is 10.1 Å². The summed E-state index contributed by atoms with van der Waals surface area (Å²) in [4.78, 5) is 25.9. The Bertz CT molecular complexity index is 760. The number of nitrogens with zero attached hydrogens (tertiary/aromatic N) is 1. The number of rotatable bonds is 8. The molecule has 0 bridgehead atoms. The minimum atomic E-state index is -0.259. The summed E-state index contributed by atoms with van der Waals surface area (Å²) in [5, 5.41) is 5.39. The molecule has 26 heavy (non-hydrogen) atoms. The van der Waals surface area contributed by atoms with Crippen molar-refractivity contribution in [1.82, 2.24) is 10.2 Å². The van der Waals surface area contributed by atoms with E-state index in [2.05, 4.69) is 29.6 Å². The molecule has 2 aromatic carbocycles. The number of benzene rings is 2. The van der Waals surface area contributed by atoms with Crippen LogP contribution in [0.1, 0.15) is 32.4 Å². The van der Waals surface area contributed by atoms with Crippen LogP contribution in [0, 0.1) is 5.92 Å². The number of likely N-dealkylation sites (N-methyl/N-ethyl adjacent to an activating group) is 1. The molecule has 5 heteroatoms. The molecule has 1 amide bonds. The van der Waals surface area contributed by atoms with E-state index in [4.69, 9.17) is 4.74 Å². The average Bonchev–Trinajstić information content (AvgIpc) is 2.65. The van der Waals surface area contributed by atoms with Gasteiger partial charge in [0.05, 0.1) is 25.6 Å². The molecule has 5 nitrogen and oxygen atoms in total. The van der Waals surface area contributed by atoms with Gasteiger partial charge in [-0.15, -0.1) is 0 Å². The first-order valence-corrected chi connectivity index (χ1v) is 9.02. The Balaban J connectivity index is 1.95. The number of hydrogen-bond donors (Lipinski definition) is 1. The minimum Gasteiger partial charge on any atom is -0.469 e. The van der Waals surface area contributed by atoms with E-state index < -0.39 is 0 Å². The zero-order valence-electron chi connectivity index (χ0n) is 16.0. The van der Waals surface area contributed by atoms with Gasteiger partial charge in [0.2, 0.25) is 5.91 Å². The maximum atomic E-state index is 12.4. The third kappa shape index (κ3) is 5.30. The van der Waals surface area contributed by atoms with Gasteiger partial charge in [-0.25, -0.2) is 0 Å². The molecule has 0 aliphatic carbocycles. The van der Waals surface area contributed by atoms with Crippen LogP contribution in [0.25, 0.3) is 10.8 Å². The van der Waals surface area contributed by atoms with Crippen LogP contribution in [-0.2, 0) is 14.3 Å². The highest BCUT2D eigenvalue weighted by molar-refractivity contribution is 5.83. The molecule has 0 aliphatic heterocycles. The highest BCUT2D eigenvalue weighted by Gasteiger charge is 2.19. The van der Waals surface area contributed by atoms with Crippen LogP contribution in [0.5, 0.6) is 0 Å². The first kappa shape index (κ1) is 19.9. The van der Waals surface area contributed by atoms with Crippen molar-refractivity contribution in [3.63, 3.8) is 0 Å². The van der Waals surface area contributed by atoms with E-state index >= 15 is 0 Å². The standard InChI is InChI=1S/C21H28N2O3/c1-5-23(13-15(2)21(25)26-4)14-20(24)22-16(3)18-11-10-17-8-6-7-9-19(17)12-18/h6-12,15-16H,5,13-14H2,1-4H3,(H,22,24). The SMILES string of the molecule is CCN(CC(=O)NC(C)c1ccc2ccccc2c1)CC(C)C(=O)OC. The summed E-state index contributed by atoms with van der Waals surface area (Å²) in [7, 11) is 1.38. The van der Waals surface area contributed by atoms with Gasteiger partial charge in [0, 0.05) is 6.54 Å². The smallest absolute Gasteiger partial charge is 0.309 e. The van der Waals surface area contributed by atoms with Crippen LogP contribution in [0.2, 0.25) is 0 Å². The van der Waals surface area contributed by atoms with E-state index in [0.29, 0.717) is 13.1 Å². The van der Waals surface area contributed by atoms with Crippen molar-refractivity contribution >= 4 is 22.6 Å². The Kier molecular flexibility index (Phi) is 7.16. The molecule has 0 saturated carbocycles. The van der Waals surface area contributed by atoms with Gasteiger partial charge in [-0.05, 0) is 35.9 Å². The van der Waals surface area contributed by atoms with E-state index in [-0.39, 0.29) is 30.4 Å². The lowest BCUT2D eigenvalue weighted by molar-refractivity contribution is -0.145. The van der Waals surface area contributed by atoms with Gasteiger partial charge in [-0.2, -0.15) is 0 Å². The highest BCUT2D eigenvalue weighted by Crippen LogP contribution is 2.20. The molecular formula is C21H28N2O3. The molecule has 1 N–H and O–H groups in total. The van der Waals surface area contributed by atoms with Crippen LogP contribution in [0.4, 0.5) is 0 Å². The maximum Gasteiger partial charge on any atom is 0.309 e. The Morgan fingerprint density at radius 3 is 2.46 bits per heavy atom. The number of ether oxygens (including phenoxy) is 1. The topological polar surface area (TPSA) is 58.6 Å². The summed E-state index contributed by atoms with van der Waals surface area (Å²) >= 11 is 0. The maximum absolute atomic E-state index is 12.4. The predicted octanol–water partition coefficient (Wildman–Crippen LogP) is 3.15. The molecule has 2 rings (SSSR count). The normalized spacial score (nSPS) is 13.4. The number of carbonyl (C=O) groups is 2. The fourth-order valence-electron chi connectivity index (χ4n) is 3.02. The van der Waals surface area contributed by atoms with Crippen molar-refractivity contribution in [1.29, 1.82) is 0 Å². The zero-order valence-corrected chi connectivity index (χ0v) is 16.0. The lowest BCUT2D eigenvalue weighted by Gasteiger charge is -2.24. The van der Waals surface area contributed by atoms with Gasteiger partial charge in [0.25, 0.3) is 0 Å². The summed E-state index contributed by atoms with van der Waals surface area (Å²) in [6, 6.07) is 14.3. The first-order valence-electron chi connectivity index (χ1n) is 9.02. The molecule has 0 fully saturated rings. The van der Waals surface area contributed by atoms with E-state index in [9.17, 15) is 9.59 Å². The second-order valence-electron chi connectivity index (χ2n) is 6.65. The summed E-state index contributed by atoms with van der Waals surface area (Å²) < 4.78 is 4.75. The number of amides is 1. The molecule has 0 spiro atoms. The summed E-state index contributed by atoms with van der Waals surface area (Å²) in [6.07, 6.45) is 0. The second kappa shape index (κ2) is 9.34. The van der Waals surface area contributed by atoms with E-state index in [1.807, 2.05) is 43.9 Å². The number of fused-ring (bicyclic) bond motifs is 1. The molecule has 0 radical (unpaired) electrons. The summed E-state index contributed by atoms with van der Waals surface area (Å²) in [6.45, 7) is 7.22. The van der Waals surface area contributed by atoms with Gasteiger partial charge in [0.1, 0.15) is 0 Å². The predicted molar refractivity (Wildman–Crippen MR) is 104 cm³/mol. The summed E-state index contributed by atoms with van der Waals surface area (Å²) in [5.41, 5.74) is 1.07. The number of hydrogen-bond acceptors (Lipinski definition) is 4. The number of methoxy groups -OCH3 is 1. The van der Waals surface area contributed by atoms with Crippen LogP contribution < -0.4 is 5.32 Å². The Labute approximate surface area is 155 Å². The first-order chi connectivity index (χ1) is 12.4. The highest BCUT2D eigenvalue weighted by atomic mass is 16.5. The molecule has 0 aromatic heterocycles. The van der Waals surface area contributed by atoms with Crippen molar-refractivity contribution < 1.29 is 14.3 Å². The van der Waals surface area contributed by atoms with Gasteiger partial charge in [-0.1, -0.05) is 50.2 Å². The lowest BCUT2D eigenvalue weighted by Crippen LogP contribution is -2.41. The molecular weight excluding hydrogens is 328 g/mol. The van der Waals surface area contributed by atoms with Crippen LogP contribution in [-0.4, -0.2) is 43.5 Å². The third-order valence-corrected chi connectivity index (χ3v) is 4.60. The molecule has 0 saturated heterocycles. The lowest BCUT2D eigenvalue weighted by atomic mass is 10.0. The van der Waals surface area contributed by atoms with Gasteiger partial charge >= 0.3 is 5.97 Å². The number of carbonyl (C=O) groups excluding carboxylic acids is 2. The quantitative estimate of drug-likeness (QED) is 0.738. The van der Waals surface area contributed by atoms with Crippen LogP contribution in [0.15, 0.2) is 42.5 Å².